The lowest BCUT2D eigenvalue weighted by molar-refractivity contribution is -0.147. The molecule has 0 spiro atoms. The SMILES string of the molecule is CC1=CC(=CC2=C(C(=O)O)N3C(=O)[C@@H](N)[C@@H]3SC2)OC1=O. The van der Waals surface area contributed by atoms with E-state index in [4.69, 9.17) is 10.5 Å². The zero-order valence-electron chi connectivity index (χ0n) is 11.0. The van der Waals surface area contributed by atoms with Crippen molar-refractivity contribution in [2.75, 3.05) is 5.75 Å². The fourth-order valence-electron chi connectivity index (χ4n) is 2.38. The number of nitrogens with zero attached hydrogens (tertiary/aromatic N) is 1. The van der Waals surface area contributed by atoms with E-state index in [0.29, 0.717) is 16.9 Å². The van der Waals surface area contributed by atoms with Gasteiger partial charge < -0.3 is 15.6 Å². The molecule has 0 radical (unpaired) electrons. The number of fused-ring (bicyclic) bond motifs is 1. The van der Waals surface area contributed by atoms with Crippen LogP contribution in [0.4, 0.5) is 0 Å². The lowest BCUT2D eigenvalue weighted by Crippen LogP contribution is -2.68. The summed E-state index contributed by atoms with van der Waals surface area (Å²) in [5, 5.41) is 9.02. The van der Waals surface area contributed by atoms with Crippen LogP contribution in [-0.4, -0.2) is 45.0 Å². The number of hydrogen-bond donors (Lipinski definition) is 2. The van der Waals surface area contributed by atoms with Crippen LogP contribution in [0.3, 0.4) is 0 Å². The standard InChI is InChI=1S/C13H12N2O5S/c1-5-2-7(20-13(5)19)3-6-4-21-11-8(14)10(16)15(11)9(6)12(17)18/h2-3,8,11H,4,14H2,1H3,(H,17,18)/t8-,11+/m1/s1. The fourth-order valence-corrected chi connectivity index (χ4v) is 3.64. The van der Waals surface area contributed by atoms with Gasteiger partial charge in [0, 0.05) is 11.3 Å². The second-order valence-electron chi connectivity index (χ2n) is 4.88. The first-order chi connectivity index (χ1) is 9.90. The number of carbonyl (C=O) groups is 3. The molecule has 3 aliphatic heterocycles. The summed E-state index contributed by atoms with van der Waals surface area (Å²) >= 11 is 1.39. The first-order valence-corrected chi connectivity index (χ1v) is 7.24. The number of amides is 1. The number of carboxylic acids is 1. The molecule has 3 N–H and O–H groups in total. The van der Waals surface area contributed by atoms with Crippen molar-refractivity contribution in [2.45, 2.75) is 18.3 Å². The summed E-state index contributed by atoms with van der Waals surface area (Å²) in [6.07, 6.45) is 3.02. The van der Waals surface area contributed by atoms with E-state index < -0.39 is 23.9 Å². The zero-order valence-corrected chi connectivity index (χ0v) is 11.8. The van der Waals surface area contributed by atoms with Crippen LogP contribution in [0.15, 0.2) is 34.8 Å². The van der Waals surface area contributed by atoms with E-state index in [0.717, 1.165) is 0 Å². The molecule has 3 aliphatic rings. The molecule has 0 bridgehead atoms. The number of ether oxygens (including phenoxy) is 1. The Kier molecular flexibility index (Phi) is 3.14. The van der Waals surface area contributed by atoms with Gasteiger partial charge in [0.1, 0.15) is 22.9 Å². The smallest absolute Gasteiger partial charge is 0.352 e. The Balaban J connectivity index is 2.00. The predicted octanol–water partition coefficient (Wildman–Crippen LogP) is -0.0455. The third-order valence-corrected chi connectivity index (χ3v) is 4.77. The maximum absolute atomic E-state index is 11.8. The van der Waals surface area contributed by atoms with Gasteiger partial charge in [0.05, 0.1) is 0 Å². The lowest BCUT2D eigenvalue weighted by Gasteiger charge is -2.47. The Morgan fingerprint density at radius 3 is 2.86 bits per heavy atom. The molecule has 0 aromatic carbocycles. The highest BCUT2D eigenvalue weighted by atomic mass is 32.2. The molecule has 21 heavy (non-hydrogen) atoms. The summed E-state index contributed by atoms with van der Waals surface area (Å²) in [6.45, 7) is 1.61. The minimum atomic E-state index is -1.20. The van der Waals surface area contributed by atoms with Crippen molar-refractivity contribution in [3.05, 3.63) is 34.8 Å². The molecular formula is C13H12N2O5S. The van der Waals surface area contributed by atoms with Crippen LogP contribution in [0.25, 0.3) is 0 Å². The Morgan fingerprint density at radius 1 is 1.57 bits per heavy atom. The van der Waals surface area contributed by atoms with E-state index >= 15 is 0 Å². The van der Waals surface area contributed by atoms with Gasteiger partial charge in [-0.3, -0.25) is 9.69 Å². The van der Waals surface area contributed by atoms with Gasteiger partial charge >= 0.3 is 11.9 Å². The zero-order chi connectivity index (χ0) is 15.3. The van der Waals surface area contributed by atoms with Crippen molar-refractivity contribution >= 4 is 29.6 Å². The average Bonchev–Trinajstić information content (AvgIpc) is 2.75. The summed E-state index contributed by atoms with van der Waals surface area (Å²) in [5.41, 5.74) is 6.45. The summed E-state index contributed by atoms with van der Waals surface area (Å²) in [5.74, 6) is -1.39. The van der Waals surface area contributed by atoms with Crippen LogP contribution in [-0.2, 0) is 19.1 Å². The molecule has 0 aromatic heterocycles. The van der Waals surface area contributed by atoms with Crippen molar-refractivity contribution < 1.29 is 24.2 Å². The molecule has 1 amide bonds. The Bertz CT molecular complexity index is 663. The number of esters is 1. The Labute approximate surface area is 124 Å². The molecule has 0 aromatic rings. The van der Waals surface area contributed by atoms with E-state index in [-0.39, 0.29) is 16.8 Å². The highest BCUT2D eigenvalue weighted by Crippen LogP contribution is 2.40. The van der Waals surface area contributed by atoms with E-state index in [2.05, 4.69) is 0 Å². The molecule has 0 unspecified atom stereocenters. The molecule has 110 valence electrons. The van der Waals surface area contributed by atoms with Crippen LogP contribution >= 0.6 is 11.8 Å². The van der Waals surface area contributed by atoms with E-state index in [1.54, 1.807) is 6.92 Å². The summed E-state index contributed by atoms with van der Waals surface area (Å²) in [4.78, 5) is 35.7. The van der Waals surface area contributed by atoms with Gasteiger partial charge in [-0.25, -0.2) is 9.59 Å². The van der Waals surface area contributed by atoms with Gasteiger partial charge in [0.2, 0.25) is 5.91 Å². The molecule has 3 heterocycles. The van der Waals surface area contributed by atoms with Crippen molar-refractivity contribution in [2.24, 2.45) is 5.73 Å². The normalized spacial score (nSPS) is 30.1. The molecule has 3 rings (SSSR count). The average molecular weight is 308 g/mol. The van der Waals surface area contributed by atoms with Gasteiger partial charge in [-0.1, -0.05) is 0 Å². The molecule has 1 saturated heterocycles. The number of thioether (sulfide) groups is 1. The van der Waals surface area contributed by atoms with Crippen LogP contribution in [0.2, 0.25) is 0 Å². The second kappa shape index (κ2) is 4.74. The van der Waals surface area contributed by atoms with Crippen LogP contribution in [0.1, 0.15) is 6.92 Å². The van der Waals surface area contributed by atoms with Crippen LogP contribution < -0.4 is 5.73 Å². The third-order valence-electron chi connectivity index (χ3n) is 3.45. The monoisotopic (exact) mass is 308 g/mol. The Hall–Kier alpha value is -2.06. The number of β-lactam (4-membered cyclic amide) rings is 1. The molecule has 0 aliphatic carbocycles. The number of aliphatic carboxylic acids is 1. The van der Waals surface area contributed by atoms with Crippen LogP contribution in [0, 0.1) is 0 Å². The maximum Gasteiger partial charge on any atom is 0.352 e. The summed E-state index contributed by atoms with van der Waals surface area (Å²) < 4.78 is 5.00. The summed E-state index contributed by atoms with van der Waals surface area (Å²) in [7, 11) is 0. The summed E-state index contributed by atoms with van der Waals surface area (Å²) in [6, 6.07) is -0.662. The number of allylic oxidation sites excluding steroid dienone is 2. The number of nitrogens with two attached hydrogens (primary N) is 1. The third kappa shape index (κ3) is 2.07. The highest BCUT2D eigenvalue weighted by molar-refractivity contribution is 8.00. The van der Waals surface area contributed by atoms with Gasteiger partial charge in [-0.15, -0.1) is 11.8 Å². The van der Waals surface area contributed by atoms with Crippen LogP contribution in [0.5, 0.6) is 0 Å². The largest absolute Gasteiger partial charge is 0.477 e. The van der Waals surface area contributed by atoms with E-state index in [1.807, 2.05) is 0 Å². The number of carboxylic acid groups (broad SMARTS) is 1. The van der Waals surface area contributed by atoms with E-state index in [9.17, 15) is 19.5 Å². The topological polar surface area (TPSA) is 110 Å². The first-order valence-electron chi connectivity index (χ1n) is 6.19. The number of cyclic esters (lactones) is 1. The van der Waals surface area contributed by atoms with E-state index in [1.165, 1.54) is 28.8 Å². The van der Waals surface area contributed by atoms with Crippen molar-refractivity contribution in [3.8, 4) is 0 Å². The van der Waals surface area contributed by atoms with Crippen molar-refractivity contribution in [1.29, 1.82) is 0 Å². The molecule has 0 saturated carbocycles. The van der Waals surface area contributed by atoms with Gasteiger partial charge in [-0.05, 0) is 24.6 Å². The predicted molar refractivity (Wildman–Crippen MR) is 73.7 cm³/mol. The second-order valence-corrected chi connectivity index (χ2v) is 5.98. The quantitative estimate of drug-likeness (QED) is 0.544. The number of hydrogen-bond acceptors (Lipinski definition) is 6. The maximum atomic E-state index is 11.8. The molecule has 8 heteroatoms. The minimum Gasteiger partial charge on any atom is -0.477 e. The number of carbonyl (C=O) groups excluding carboxylic acids is 2. The van der Waals surface area contributed by atoms with Crippen molar-refractivity contribution in [3.63, 3.8) is 0 Å². The number of rotatable bonds is 2. The highest BCUT2D eigenvalue weighted by Gasteiger charge is 2.51. The van der Waals surface area contributed by atoms with Gasteiger partial charge in [0.15, 0.2) is 0 Å². The molecule has 2 atom stereocenters. The minimum absolute atomic E-state index is 0.0908. The molecular weight excluding hydrogens is 296 g/mol. The fraction of sp³-hybridized carbons (Fsp3) is 0.308. The van der Waals surface area contributed by atoms with Gasteiger partial charge in [-0.2, -0.15) is 0 Å². The lowest BCUT2D eigenvalue weighted by atomic mass is 10.0. The first kappa shape index (κ1) is 13.9. The Morgan fingerprint density at radius 2 is 2.29 bits per heavy atom. The van der Waals surface area contributed by atoms with Crippen molar-refractivity contribution in [1.82, 2.24) is 4.90 Å². The van der Waals surface area contributed by atoms with Gasteiger partial charge in [0.25, 0.3) is 0 Å². The molecule has 7 nitrogen and oxygen atoms in total. The molecule has 1 fully saturated rings.